The number of anilines is 3. The van der Waals surface area contributed by atoms with Gasteiger partial charge in [-0.1, -0.05) is 6.08 Å². The fourth-order valence-corrected chi connectivity index (χ4v) is 4.87. The van der Waals surface area contributed by atoms with Gasteiger partial charge in [0.25, 0.3) is 5.56 Å². The lowest BCUT2D eigenvalue weighted by Crippen LogP contribution is -2.50. The van der Waals surface area contributed by atoms with Crippen LogP contribution in [0.2, 0.25) is 0 Å². The number of hydrogen-bond acceptors (Lipinski definition) is 9. The molecule has 0 unspecified atom stereocenters. The molecular weight excluding hydrogens is 518 g/mol. The summed E-state index contributed by atoms with van der Waals surface area (Å²) in [4.78, 5) is 36.1. The van der Waals surface area contributed by atoms with Crippen LogP contribution in [0.15, 0.2) is 59.1 Å². The molecule has 0 aliphatic carbocycles. The Labute approximate surface area is 241 Å². The van der Waals surface area contributed by atoms with E-state index in [1.54, 1.807) is 21.8 Å². The first-order valence-electron chi connectivity index (χ1n) is 14.0. The maximum absolute atomic E-state index is 13.3. The molecule has 0 saturated carbocycles. The SMILES string of the molecule is C=CCn1c(=O)c2cnc(Nc3ccc(N4CCC(C)(NC)CC4)c(C)c3)nc2n1C(/C=C\C=O)=N/N(C)C(C)C. The first kappa shape index (κ1) is 29.7. The van der Waals surface area contributed by atoms with Gasteiger partial charge in [-0.2, -0.15) is 10.1 Å². The lowest BCUT2D eigenvalue weighted by atomic mass is 9.89. The molecular formula is C30H41N9O2. The van der Waals surface area contributed by atoms with Gasteiger partial charge in [0, 0.05) is 49.3 Å². The monoisotopic (exact) mass is 559 g/mol. The lowest BCUT2D eigenvalue weighted by molar-refractivity contribution is -0.104. The molecule has 2 aromatic heterocycles. The Kier molecular flexibility index (Phi) is 9.07. The standard InChI is InChI=1S/C30H41N9O2/c1-8-15-38-28(41)24-20-32-29(34-27(24)39(38)26(10-9-18-40)35-36(7)21(2)3)33-23-11-12-25(22(4)19-23)37-16-13-30(5,31-6)14-17-37/h8-12,18-21,31H,1,13-17H2,2-7H3,(H,32,33,34)/b10-9-,35-26+. The van der Waals surface area contributed by atoms with Gasteiger partial charge in [0.1, 0.15) is 11.7 Å². The highest BCUT2D eigenvalue weighted by Gasteiger charge is 2.28. The Morgan fingerprint density at radius 3 is 2.63 bits per heavy atom. The predicted molar refractivity (Wildman–Crippen MR) is 166 cm³/mol. The molecule has 218 valence electrons. The normalized spacial score (nSPS) is 15.6. The molecule has 11 heteroatoms. The minimum absolute atomic E-state index is 0.0897. The summed E-state index contributed by atoms with van der Waals surface area (Å²) in [5, 5.41) is 13.5. The smallest absolute Gasteiger partial charge is 0.278 e. The lowest BCUT2D eigenvalue weighted by Gasteiger charge is -2.41. The number of aldehydes is 1. The van der Waals surface area contributed by atoms with Crippen LogP contribution in [-0.4, -0.2) is 75.2 Å². The van der Waals surface area contributed by atoms with E-state index in [1.165, 1.54) is 22.6 Å². The van der Waals surface area contributed by atoms with Crippen molar-refractivity contribution in [3.8, 4) is 0 Å². The zero-order valence-corrected chi connectivity index (χ0v) is 24.9. The fourth-order valence-electron chi connectivity index (χ4n) is 4.87. The van der Waals surface area contributed by atoms with E-state index in [1.807, 2.05) is 34.0 Å². The van der Waals surface area contributed by atoms with E-state index in [0.29, 0.717) is 29.1 Å². The molecule has 1 fully saturated rings. The second-order valence-corrected chi connectivity index (χ2v) is 11.0. The molecule has 4 rings (SSSR count). The highest BCUT2D eigenvalue weighted by molar-refractivity contribution is 6.01. The summed E-state index contributed by atoms with van der Waals surface area (Å²) in [7, 11) is 3.87. The van der Waals surface area contributed by atoms with Crippen molar-refractivity contribution in [1.82, 2.24) is 29.7 Å². The number of carbonyl (C=O) groups excluding carboxylic acids is 1. The number of fused-ring (bicyclic) bond motifs is 1. The molecule has 0 bridgehead atoms. The highest BCUT2D eigenvalue weighted by atomic mass is 16.1. The molecule has 11 nitrogen and oxygen atoms in total. The van der Waals surface area contributed by atoms with Gasteiger partial charge in [-0.25, -0.2) is 14.3 Å². The third-order valence-electron chi connectivity index (χ3n) is 7.79. The van der Waals surface area contributed by atoms with E-state index < -0.39 is 0 Å². The van der Waals surface area contributed by atoms with Crippen LogP contribution in [0.1, 0.15) is 39.2 Å². The van der Waals surface area contributed by atoms with Crippen molar-refractivity contribution in [2.45, 2.75) is 58.7 Å². The van der Waals surface area contributed by atoms with Crippen LogP contribution in [0, 0.1) is 6.92 Å². The van der Waals surface area contributed by atoms with Crippen molar-refractivity contribution in [3.05, 3.63) is 65.1 Å². The Bertz CT molecular complexity index is 1520. The molecule has 1 aromatic carbocycles. The number of nitrogens with zero attached hydrogens (tertiary/aromatic N) is 7. The molecule has 1 saturated heterocycles. The molecule has 2 N–H and O–H groups in total. The predicted octanol–water partition coefficient (Wildman–Crippen LogP) is 3.67. The average molecular weight is 560 g/mol. The van der Waals surface area contributed by atoms with Gasteiger partial charge in [0.15, 0.2) is 11.5 Å². The summed E-state index contributed by atoms with van der Waals surface area (Å²) in [6.45, 7) is 14.4. The largest absolute Gasteiger partial charge is 0.371 e. The zero-order valence-electron chi connectivity index (χ0n) is 24.9. The average Bonchev–Trinajstić information content (AvgIpc) is 3.22. The summed E-state index contributed by atoms with van der Waals surface area (Å²) >= 11 is 0. The fraction of sp³-hybridized carbons (Fsp3) is 0.433. The number of aryl methyl sites for hydroxylation is 1. The van der Waals surface area contributed by atoms with E-state index >= 15 is 0 Å². The van der Waals surface area contributed by atoms with Crippen LogP contribution in [-0.2, 0) is 11.3 Å². The number of aromatic nitrogens is 4. The molecule has 1 aliphatic rings. The number of benzene rings is 1. The Balaban J connectivity index is 1.70. The van der Waals surface area contributed by atoms with Crippen LogP contribution < -0.4 is 21.1 Å². The molecule has 0 atom stereocenters. The van der Waals surface area contributed by atoms with E-state index in [0.717, 1.165) is 37.2 Å². The quantitative estimate of drug-likeness (QED) is 0.0967. The van der Waals surface area contributed by atoms with Crippen LogP contribution in [0.3, 0.4) is 0 Å². The minimum atomic E-state index is -0.276. The number of piperidine rings is 1. The molecule has 0 radical (unpaired) electrons. The van der Waals surface area contributed by atoms with E-state index in [2.05, 4.69) is 58.2 Å². The Morgan fingerprint density at radius 1 is 1.29 bits per heavy atom. The number of hydrazone groups is 1. The maximum atomic E-state index is 13.3. The van der Waals surface area contributed by atoms with Crippen molar-refractivity contribution in [2.24, 2.45) is 5.10 Å². The molecule has 0 spiro atoms. The Morgan fingerprint density at radius 2 is 2.02 bits per heavy atom. The first-order chi connectivity index (χ1) is 19.6. The van der Waals surface area contributed by atoms with Crippen molar-refractivity contribution < 1.29 is 4.79 Å². The second kappa shape index (κ2) is 12.5. The highest BCUT2D eigenvalue weighted by Crippen LogP contribution is 2.30. The molecule has 1 aliphatic heterocycles. The minimum Gasteiger partial charge on any atom is -0.371 e. The van der Waals surface area contributed by atoms with E-state index in [9.17, 15) is 9.59 Å². The summed E-state index contributed by atoms with van der Waals surface area (Å²) in [5.74, 6) is 0.704. The summed E-state index contributed by atoms with van der Waals surface area (Å²) in [6.07, 6.45) is 8.89. The molecule has 41 heavy (non-hydrogen) atoms. The van der Waals surface area contributed by atoms with Crippen molar-refractivity contribution in [3.63, 3.8) is 0 Å². The third kappa shape index (κ3) is 6.40. The van der Waals surface area contributed by atoms with E-state index in [-0.39, 0.29) is 23.7 Å². The van der Waals surface area contributed by atoms with Gasteiger partial charge >= 0.3 is 0 Å². The maximum Gasteiger partial charge on any atom is 0.278 e. The second-order valence-electron chi connectivity index (χ2n) is 11.0. The van der Waals surface area contributed by atoms with Gasteiger partial charge < -0.3 is 15.5 Å². The zero-order chi connectivity index (χ0) is 29.7. The van der Waals surface area contributed by atoms with Gasteiger partial charge in [-0.05, 0) is 83.5 Å². The van der Waals surface area contributed by atoms with Crippen molar-refractivity contribution in [1.29, 1.82) is 0 Å². The van der Waals surface area contributed by atoms with Gasteiger partial charge in [-0.15, -0.1) is 6.58 Å². The van der Waals surface area contributed by atoms with Crippen LogP contribution >= 0.6 is 0 Å². The van der Waals surface area contributed by atoms with Crippen molar-refractivity contribution in [2.75, 3.05) is 37.4 Å². The topological polar surface area (TPSA) is 113 Å². The van der Waals surface area contributed by atoms with Crippen LogP contribution in [0.5, 0.6) is 0 Å². The number of nitrogens with one attached hydrogen (secondary N) is 2. The summed E-state index contributed by atoms with van der Waals surface area (Å²) < 4.78 is 3.09. The van der Waals surface area contributed by atoms with Gasteiger partial charge in [0.2, 0.25) is 5.95 Å². The summed E-state index contributed by atoms with van der Waals surface area (Å²) in [6, 6.07) is 6.33. The van der Waals surface area contributed by atoms with Crippen LogP contribution in [0.25, 0.3) is 11.0 Å². The molecule has 3 heterocycles. The van der Waals surface area contributed by atoms with Gasteiger partial charge in [0.05, 0.1) is 6.54 Å². The van der Waals surface area contributed by atoms with E-state index in [4.69, 9.17) is 4.98 Å². The Hall–Kier alpha value is -4.25. The molecule has 0 amide bonds. The number of allylic oxidation sites excluding steroid dienone is 3. The van der Waals surface area contributed by atoms with Crippen LogP contribution in [0.4, 0.5) is 17.3 Å². The number of rotatable bonds is 10. The van der Waals surface area contributed by atoms with Gasteiger partial charge in [-0.3, -0.25) is 14.6 Å². The summed E-state index contributed by atoms with van der Waals surface area (Å²) in [5.41, 5.74) is 3.50. The third-order valence-corrected chi connectivity index (χ3v) is 7.79. The number of hydrogen-bond donors (Lipinski definition) is 2. The van der Waals surface area contributed by atoms with Crippen molar-refractivity contribution >= 4 is 40.5 Å². The molecule has 3 aromatic rings. The first-order valence-corrected chi connectivity index (χ1v) is 14.0. The number of carbonyl (C=O) groups is 1.